The SMILES string of the molecule is CCCCCCCCCCCCN[C@@H](CCC(N)=O)C(=O)O.[K]. The first-order valence-electron chi connectivity index (χ1n) is 8.82. The predicted molar refractivity (Wildman–Crippen MR) is 95.5 cm³/mol. The van der Waals surface area contributed by atoms with Crippen molar-refractivity contribution in [2.75, 3.05) is 6.54 Å². The van der Waals surface area contributed by atoms with E-state index in [2.05, 4.69) is 12.2 Å². The molecule has 131 valence electrons. The third kappa shape index (κ3) is 18.7. The number of hydrogen-bond acceptors (Lipinski definition) is 3. The van der Waals surface area contributed by atoms with Crippen LogP contribution in [0.4, 0.5) is 0 Å². The van der Waals surface area contributed by atoms with Gasteiger partial charge >= 0.3 is 5.97 Å². The molecule has 0 saturated carbocycles. The Labute approximate surface area is 184 Å². The molecule has 0 aliphatic rings. The van der Waals surface area contributed by atoms with E-state index in [1.807, 2.05) is 0 Å². The Morgan fingerprint density at radius 1 is 0.957 bits per heavy atom. The average Bonchev–Trinajstić information content (AvgIpc) is 2.47. The van der Waals surface area contributed by atoms with E-state index < -0.39 is 17.9 Å². The molecule has 0 heterocycles. The minimum Gasteiger partial charge on any atom is -0.480 e. The Morgan fingerprint density at radius 2 is 1.43 bits per heavy atom. The van der Waals surface area contributed by atoms with Gasteiger partial charge in [0.15, 0.2) is 0 Å². The van der Waals surface area contributed by atoms with Crippen LogP contribution in [0.25, 0.3) is 0 Å². The molecule has 4 N–H and O–H groups in total. The molecule has 6 heteroatoms. The molecule has 0 rings (SSSR count). The third-order valence-electron chi connectivity index (χ3n) is 3.90. The molecule has 5 nitrogen and oxygen atoms in total. The molecule has 0 aromatic heterocycles. The molecule has 0 fully saturated rings. The zero-order chi connectivity index (χ0) is 16.6. The van der Waals surface area contributed by atoms with Gasteiger partial charge in [-0.3, -0.25) is 9.59 Å². The number of carboxylic acids is 1. The van der Waals surface area contributed by atoms with Crippen molar-refractivity contribution in [3.63, 3.8) is 0 Å². The molecule has 1 amide bonds. The van der Waals surface area contributed by atoms with Crippen LogP contribution >= 0.6 is 0 Å². The Balaban J connectivity index is 0. The van der Waals surface area contributed by atoms with Crippen LogP contribution in [-0.4, -0.2) is 81.0 Å². The first-order valence-corrected chi connectivity index (χ1v) is 8.82. The first-order chi connectivity index (χ1) is 10.6. The van der Waals surface area contributed by atoms with Gasteiger partial charge in [0.05, 0.1) is 0 Å². The van der Waals surface area contributed by atoms with Crippen LogP contribution < -0.4 is 11.1 Å². The second-order valence-corrected chi connectivity index (χ2v) is 6.03. The number of nitrogens with two attached hydrogens (primary N) is 1. The Hall–Kier alpha value is 0.536. The van der Waals surface area contributed by atoms with Gasteiger partial charge in [0.2, 0.25) is 5.91 Å². The number of amides is 1. The molecular weight excluding hydrogens is 319 g/mol. The van der Waals surface area contributed by atoms with Crippen molar-refractivity contribution in [3.05, 3.63) is 0 Å². The maximum Gasteiger partial charge on any atom is 0.320 e. The van der Waals surface area contributed by atoms with Gasteiger partial charge in [-0.05, 0) is 19.4 Å². The van der Waals surface area contributed by atoms with Crippen molar-refractivity contribution < 1.29 is 14.7 Å². The van der Waals surface area contributed by atoms with Gasteiger partial charge < -0.3 is 16.2 Å². The van der Waals surface area contributed by atoms with Crippen LogP contribution in [0, 0.1) is 0 Å². The minimum absolute atomic E-state index is 0. The second-order valence-electron chi connectivity index (χ2n) is 6.03. The first kappa shape index (κ1) is 25.8. The van der Waals surface area contributed by atoms with E-state index in [9.17, 15) is 9.59 Å². The molecule has 0 unspecified atom stereocenters. The normalized spacial score (nSPS) is 11.7. The minimum atomic E-state index is -0.909. The van der Waals surface area contributed by atoms with E-state index in [1.54, 1.807) is 0 Å². The van der Waals surface area contributed by atoms with E-state index in [0.717, 1.165) is 12.8 Å². The van der Waals surface area contributed by atoms with Gasteiger partial charge in [0.25, 0.3) is 0 Å². The Kier molecular flexibility index (Phi) is 21.1. The van der Waals surface area contributed by atoms with E-state index >= 15 is 0 Å². The number of nitrogens with one attached hydrogen (secondary N) is 1. The molecule has 0 aliphatic heterocycles. The zero-order valence-electron chi connectivity index (χ0n) is 15.1. The molecule has 23 heavy (non-hydrogen) atoms. The number of rotatable bonds is 16. The molecule has 1 atom stereocenters. The number of aliphatic carboxylic acids is 1. The predicted octanol–water partition coefficient (Wildman–Crippen LogP) is 2.83. The van der Waals surface area contributed by atoms with E-state index in [-0.39, 0.29) is 64.2 Å². The van der Waals surface area contributed by atoms with Crippen LogP contribution in [0.5, 0.6) is 0 Å². The van der Waals surface area contributed by atoms with Crippen molar-refractivity contribution in [1.82, 2.24) is 5.32 Å². The van der Waals surface area contributed by atoms with Crippen molar-refractivity contribution >= 4 is 63.3 Å². The number of carboxylic acid groups (broad SMARTS) is 1. The largest absolute Gasteiger partial charge is 0.480 e. The molecular formula is C17H34KN2O3. The number of carbonyl (C=O) groups excluding carboxylic acids is 1. The molecule has 0 bridgehead atoms. The van der Waals surface area contributed by atoms with Crippen molar-refractivity contribution in [3.8, 4) is 0 Å². The summed E-state index contributed by atoms with van der Waals surface area (Å²) in [6, 6.07) is -0.661. The van der Waals surface area contributed by atoms with Crippen LogP contribution in [-0.2, 0) is 9.59 Å². The van der Waals surface area contributed by atoms with Crippen LogP contribution in [0.2, 0.25) is 0 Å². The summed E-state index contributed by atoms with van der Waals surface area (Å²) in [6.45, 7) is 2.92. The molecule has 0 aliphatic carbocycles. The number of carbonyl (C=O) groups is 2. The molecule has 0 aromatic rings. The fraction of sp³-hybridized carbons (Fsp3) is 0.882. The average molecular weight is 354 g/mol. The van der Waals surface area contributed by atoms with E-state index in [1.165, 1.54) is 51.4 Å². The maximum atomic E-state index is 11.0. The van der Waals surface area contributed by atoms with E-state index in [4.69, 9.17) is 10.8 Å². The van der Waals surface area contributed by atoms with E-state index in [0.29, 0.717) is 6.54 Å². The summed E-state index contributed by atoms with van der Waals surface area (Å²) in [5.41, 5.74) is 5.04. The van der Waals surface area contributed by atoms with Gasteiger partial charge in [0.1, 0.15) is 6.04 Å². The molecule has 0 spiro atoms. The maximum absolute atomic E-state index is 11.0. The molecule has 1 radical (unpaired) electrons. The monoisotopic (exact) mass is 353 g/mol. The molecule has 0 saturated heterocycles. The Morgan fingerprint density at radius 3 is 1.87 bits per heavy atom. The number of primary amides is 1. The quantitative estimate of drug-likeness (QED) is 0.294. The van der Waals surface area contributed by atoms with Crippen LogP contribution in [0.3, 0.4) is 0 Å². The van der Waals surface area contributed by atoms with Crippen LogP contribution in [0.15, 0.2) is 0 Å². The zero-order valence-corrected chi connectivity index (χ0v) is 18.2. The van der Waals surface area contributed by atoms with Gasteiger partial charge in [-0.2, -0.15) is 0 Å². The second kappa shape index (κ2) is 18.9. The number of hydrogen-bond donors (Lipinski definition) is 3. The van der Waals surface area contributed by atoms with Gasteiger partial charge in [-0.15, -0.1) is 0 Å². The summed E-state index contributed by atoms with van der Waals surface area (Å²) in [4.78, 5) is 21.7. The summed E-state index contributed by atoms with van der Waals surface area (Å²) < 4.78 is 0. The van der Waals surface area contributed by atoms with Gasteiger partial charge in [-0.25, -0.2) is 0 Å². The van der Waals surface area contributed by atoms with Gasteiger partial charge in [-0.1, -0.05) is 64.7 Å². The third-order valence-corrected chi connectivity index (χ3v) is 3.90. The Bertz CT molecular complexity index is 302. The standard InChI is InChI=1S/C17H34N2O3.K/c1-2-3-4-5-6-7-8-9-10-11-14-19-15(17(21)22)12-13-16(18)20;/h15,19H,2-14H2,1H3,(H2,18,20)(H,21,22);/t15-;/m0./s1. The summed E-state index contributed by atoms with van der Waals surface area (Å²) in [5.74, 6) is -1.36. The van der Waals surface area contributed by atoms with Crippen molar-refractivity contribution in [1.29, 1.82) is 0 Å². The van der Waals surface area contributed by atoms with Crippen LogP contribution in [0.1, 0.15) is 84.0 Å². The fourth-order valence-electron chi connectivity index (χ4n) is 2.49. The smallest absolute Gasteiger partial charge is 0.320 e. The molecule has 0 aromatic carbocycles. The fourth-order valence-corrected chi connectivity index (χ4v) is 2.49. The van der Waals surface area contributed by atoms with Gasteiger partial charge in [0, 0.05) is 57.8 Å². The topological polar surface area (TPSA) is 92.4 Å². The van der Waals surface area contributed by atoms with Crippen molar-refractivity contribution in [2.24, 2.45) is 5.73 Å². The summed E-state index contributed by atoms with van der Waals surface area (Å²) in [7, 11) is 0. The van der Waals surface area contributed by atoms with Crippen molar-refractivity contribution in [2.45, 2.75) is 90.0 Å². The summed E-state index contributed by atoms with van der Waals surface area (Å²) in [5, 5.41) is 12.0. The number of unbranched alkanes of at least 4 members (excludes halogenated alkanes) is 9. The summed E-state index contributed by atoms with van der Waals surface area (Å²) in [6.07, 6.45) is 13.0. The summed E-state index contributed by atoms with van der Waals surface area (Å²) >= 11 is 0.